The number of carbonyl (C=O) groups is 2. The lowest BCUT2D eigenvalue weighted by Crippen LogP contribution is -2.31. The third-order valence-electron chi connectivity index (χ3n) is 4.48. The molecular weight excluding hydrogens is 328 g/mol. The second-order valence-electron chi connectivity index (χ2n) is 6.36. The van der Waals surface area contributed by atoms with Crippen LogP contribution in [0.4, 0.5) is 0 Å². The number of hydrogen-bond acceptors (Lipinski definition) is 3. The molecule has 0 unspecified atom stereocenters. The first-order valence-corrected chi connectivity index (χ1v) is 8.51. The number of H-pyrrole nitrogens is 2. The number of imidazole rings is 1. The van der Waals surface area contributed by atoms with Crippen LogP contribution in [0.3, 0.4) is 0 Å². The first-order valence-electron chi connectivity index (χ1n) is 8.51. The van der Waals surface area contributed by atoms with Crippen molar-refractivity contribution in [1.82, 2.24) is 20.3 Å². The van der Waals surface area contributed by atoms with E-state index in [1.807, 2.05) is 30.3 Å². The Morgan fingerprint density at radius 2 is 1.92 bits per heavy atom. The first kappa shape index (κ1) is 17.7. The highest BCUT2D eigenvalue weighted by Gasteiger charge is 2.23. The number of nitrogens with zero attached hydrogens (tertiary/aromatic N) is 1. The molecule has 0 radical (unpaired) electrons. The van der Waals surface area contributed by atoms with E-state index in [0.29, 0.717) is 28.9 Å². The van der Waals surface area contributed by atoms with Gasteiger partial charge < -0.3 is 15.3 Å². The van der Waals surface area contributed by atoms with Crippen LogP contribution in [0.25, 0.3) is 0 Å². The lowest BCUT2D eigenvalue weighted by molar-refractivity contribution is 0.0931. The Morgan fingerprint density at radius 1 is 1.19 bits per heavy atom. The molecule has 1 amide bonds. The molecule has 0 bridgehead atoms. The van der Waals surface area contributed by atoms with Crippen LogP contribution in [-0.2, 0) is 6.42 Å². The van der Waals surface area contributed by atoms with Crippen LogP contribution in [0.1, 0.15) is 56.5 Å². The average molecular weight is 350 g/mol. The van der Waals surface area contributed by atoms with Gasteiger partial charge in [0.2, 0.25) is 0 Å². The van der Waals surface area contributed by atoms with Crippen molar-refractivity contribution in [3.8, 4) is 0 Å². The standard InChI is InChI=1S/C20H22N4O2/c1-12-18(14(3)25)13(2)23-19(12)20(26)24-16(11-17-21-9-10-22-17)15-7-5-4-6-8-15/h4-10,16,23H,11H2,1-3H3,(H,21,22)(H,24,26)/t16-/m0/s1. The van der Waals surface area contributed by atoms with Crippen LogP contribution in [0, 0.1) is 13.8 Å². The Morgan fingerprint density at radius 3 is 2.50 bits per heavy atom. The van der Waals surface area contributed by atoms with E-state index in [9.17, 15) is 9.59 Å². The summed E-state index contributed by atoms with van der Waals surface area (Å²) < 4.78 is 0. The SMILES string of the molecule is CC(=O)c1c(C)[nH]c(C(=O)N[C@@H](Cc2ncc[nH]2)c2ccccc2)c1C. The predicted octanol–water partition coefficient (Wildman–Crippen LogP) is 3.27. The van der Waals surface area contributed by atoms with Gasteiger partial charge in [-0.25, -0.2) is 4.98 Å². The van der Waals surface area contributed by atoms with E-state index in [1.165, 1.54) is 6.92 Å². The smallest absolute Gasteiger partial charge is 0.268 e. The average Bonchev–Trinajstić information content (AvgIpc) is 3.22. The van der Waals surface area contributed by atoms with E-state index in [0.717, 1.165) is 11.4 Å². The molecule has 2 aromatic heterocycles. The van der Waals surface area contributed by atoms with Gasteiger partial charge in [0.25, 0.3) is 5.91 Å². The Bertz CT molecular complexity index is 911. The van der Waals surface area contributed by atoms with Crippen LogP contribution in [0.5, 0.6) is 0 Å². The summed E-state index contributed by atoms with van der Waals surface area (Å²) >= 11 is 0. The largest absolute Gasteiger partial charge is 0.354 e. The van der Waals surface area contributed by atoms with Crippen molar-refractivity contribution in [2.75, 3.05) is 0 Å². The second-order valence-corrected chi connectivity index (χ2v) is 6.36. The monoisotopic (exact) mass is 350 g/mol. The van der Waals surface area contributed by atoms with Gasteiger partial charge in [-0.2, -0.15) is 0 Å². The number of hydrogen-bond donors (Lipinski definition) is 3. The van der Waals surface area contributed by atoms with Crippen molar-refractivity contribution in [3.63, 3.8) is 0 Å². The van der Waals surface area contributed by atoms with Gasteiger partial charge in [-0.15, -0.1) is 0 Å². The van der Waals surface area contributed by atoms with Gasteiger partial charge in [-0.05, 0) is 31.9 Å². The van der Waals surface area contributed by atoms with Gasteiger partial charge in [0.15, 0.2) is 5.78 Å². The molecule has 0 saturated carbocycles. The fourth-order valence-corrected chi connectivity index (χ4v) is 3.28. The number of carbonyl (C=O) groups excluding carboxylic acids is 2. The zero-order valence-electron chi connectivity index (χ0n) is 15.1. The zero-order valence-corrected chi connectivity index (χ0v) is 15.1. The molecule has 0 aliphatic rings. The van der Waals surface area contributed by atoms with Crippen molar-refractivity contribution in [3.05, 3.63) is 76.6 Å². The quantitative estimate of drug-likeness (QED) is 0.596. The number of amides is 1. The lowest BCUT2D eigenvalue weighted by atomic mass is 10.0. The normalized spacial score (nSPS) is 12.0. The number of benzene rings is 1. The van der Waals surface area contributed by atoms with Crippen molar-refractivity contribution in [2.45, 2.75) is 33.2 Å². The van der Waals surface area contributed by atoms with Crippen LogP contribution >= 0.6 is 0 Å². The Balaban J connectivity index is 1.88. The minimum Gasteiger partial charge on any atom is -0.354 e. The van der Waals surface area contributed by atoms with Gasteiger partial charge in [0.05, 0.1) is 6.04 Å². The van der Waals surface area contributed by atoms with Gasteiger partial charge in [-0.3, -0.25) is 9.59 Å². The molecule has 0 spiro atoms. The molecule has 3 aromatic rings. The highest BCUT2D eigenvalue weighted by molar-refractivity contribution is 6.02. The number of aryl methyl sites for hydroxylation is 1. The van der Waals surface area contributed by atoms with Crippen LogP contribution in [0.15, 0.2) is 42.7 Å². The molecule has 134 valence electrons. The first-order chi connectivity index (χ1) is 12.5. The molecule has 6 heteroatoms. The maximum Gasteiger partial charge on any atom is 0.268 e. The molecule has 1 atom stereocenters. The lowest BCUT2D eigenvalue weighted by Gasteiger charge is -2.18. The Hall–Kier alpha value is -3.15. The molecule has 0 fully saturated rings. The molecule has 0 saturated heterocycles. The fraction of sp³-hybridized carbons (Fsp3) is 0.250. The third-order valence-corrected chi connectivity index (χ3v) is 4.48. The maximum absolute atomic E-state index is 12.9. The molecular formula is C20H22N4O2. The van der Waals surface area contributed by atoms with E-state index in [4.69, 9.17) is 0 Å². The molecule has 0 aliphatic carbocycles. The maximum atomic E-state index is 12.9. The molecule has 26 heavy (non-hydrogen) atoms. The van der Waals surface area contributed by atoms with Crippen LogP contribution in [0.2, 0.25) is 0 Å². The molecule has 3 N–H and O–H groups in total. The Kier molecular flexibility index (Phi) is 5.02. The summed E-state index contributed by atoms with van der Waals surface area (Å²) in [4.78, 5) is 35.1. The van der Waals surface area contributed by atoms with E-state index >= 15 is 0 Å². The second kappa shape index (κ2) is 7.39. The van der Waals surface area contributed by atoms with E-state index in [1.54, 1.807) is 26.2 Å². The van der Waals surface area contributed by atoms with Crippen molar-refractivity contribution in [2.24, 2.45) is 0 Å². The number of rotatable bonds is 6. The summed E-state index contributed by atoms with van der Waals surface area (Å²) in [6.07, 6.45) is 3.99. The van der Waals surface area contributed by atoms with Gasteiger partial charge >= 0.3 is 0 Å². The number of nitrogens with one attached hydrogen (secondary N) is 3. The minimum atomic E-state index is -0.237. The summed E-state index contributed by atoms with van der Waals surface area (Å²) in [5.74, 6) is 0.506. The van der Waals surface area contributed by atoms with Crippen molar-refractivity contribution in [1.29, 1.82) is 0 Å². The number of ketones is 1. The van der Waals surface area contributed by atoms with Crippen LogP contribution in [-0.4, -0.2) is 26.6 Å². The summed E-state index contributed by atoms with van der Waals surface area (Å²) in [5.41, 5.74) is 3.38. The zero-order chi connectivity index (χ0) is 18.7. The summed E-state index contributed by atoms with van der Waals surface area (Å²) in [6.45, 7) is 5.10. The van der Waals surface area contributed by atoms with E-state index in [2.05, 4.69) is 20.3 Å². The topological polar surface area (TPSA) is 90.6 Å². The van der Waals surface area contributed by atoms with Crippen LogP contribution < -0.4 is 5.32 Å². The summed E-state index contributed by atoms with van der Waals surface area (Å²) in [5, 5.41) is 3.07. The number of aromatic nitrogens is 3. The highest BCUT2D eigenvalue weighted by Crippen LogP contribution is 2.21. The van der Waals surface area contributed by atoms with Crippen molar-refractivity contribution < 1.29 is 9.59 Å². The fourth-order valence-electron chi connectivity index (χ4n) is 3.28. The van der Waals surface area contributed by atoms with E-state index < -0.39 is 0 Å². The van der Waals surface area contributed by atoms with E-state index in [-0.39, 0.29) is 17.7 Å². The number of aromatic amines is 2. The van der Waals surface area contributed by atoms with Gasteiger partial charge in [0.1, 0.15) is 11.5 Å². The number of Topliss-reactive ketones (excluding diaryl/α,β-unsaturated/α-hetero) is 1. The highest BCUT2D eigenvalue weighted by atomic mass is 16.2. The molecule has 0 aliphatic heterocycles. The van der Waals surface area contributed by atoms with Gasteiger partial charge in [-0.1, -0.05) is 30.3 Å². The minimum absolute atomic E-state index is 0.0505. The molecule has 2 heterocycles. The Labute approximate surface area is 152 Å². The summed E-state index contributed by atoms with van der Waals surface area (Å²) in [7, 11) is 0. The van der Waals surface area contributed by atoms with Gasteiger partial charge in [0, 0.05) is 30.1 Å². The molecule has 3 rings (SSSR count). The molecule has 6 nitrogen and oxygen atoms in total. The van der Waals surface area contributed by atoms with Crippen molar-refractivity contribution >= 4 is 11.7 Å². The third kappa shape index (κ3) is 3.59. The molecule has 1 aromatic carbocycles. The predicted molar refractivity (Wildman–Crippen MR) is 99.2 cm³/mol. The summed E-state index contributed by atoms with van der Waals surface area (Å²) in [6, 6.07) is 9.53.